The maximum Gasteiger partial charge on any atom is -0.0269 e. The lowest BCUT2D eigenvalue weighted by molar-refractivity contribution is 0.125. The van der Waals surface area contributed by atoms with Gasteiger partial charge in [0.2, 0.25) is 0 Å². The Labute approximate surface area is 113 Å². The summed E-state index contributed by atoms with van der Waals surface area (Å²) in [6, 6.07) is 0. The molecule has 4 saturated carbocycles. The average Bonchev–Trinajstić information content (AvgIpc) is 3.24. The van der Waals surface area contributed by atoms with E-state index in [1.165, 1.54) is 30.6 Å². The van der Waals surface area contributed by atoms with Crippen LogP contribution in [0.15, 0.2) is 0 Å². The number of hydrogen-bond acceptors (Lipinski definition) is 0. The summed E-state index contributed by atoms with van der Waals surface area (Å²) in [5, 5.41) is 0. The Bertz CT molecular complexity index is 333. The van der Waals surface area contributed by atoms with E-state index in [2.05, 4.69) is 13.8 Å². The lowest BCUT2D eigenvalue weighted by Crippen LogP contribution is -2.28. The fourth-order valence-electron chi connectivity index (χ4n) is 6.15. The largest absolute Gasteiger partial charge is 0.0648 e. The van der Waals surface area contributed by atoms with Crippen molar-refractivity contribution in [3.8, 4) is 0 Å². The molecule has 0 aromatic carbocycles. The van der Waals surface area contributed by atoms with E-state index in [-0.39, 0.29) is 0 Å². The standard InChI is InChI=1S/C18H30/c1-3-18-7-4-5-13-9-15(13)16-10-14(16)11-17(18)12(2)6-8-18/h12-17H,3-11H2,1-2H3. The Morgan fingerprint density at radius 3 is 2.56 bits per heavy atom. The minimum atomic E-state index is 0.772. The third kappa shape index (κ3) is 1.70. The second-order valence-corrected chi connectivity index (χ2v) is 8.29. The van der Waals surface area contributed by atoms with Crippen LogP contribution in [0.2, 0.25) is 0 Å². The highest BCUT2D eigenvalue weighted by atomic mass is 14.6. The summed E-state index contributed by atoms with van der Waals surface area (Å²) >= 11 is 0. The molecule has 102 valence electrons. The van der Waals surface area contributed by atoms with Crippen LogP contribution < -0.4 is 0 Å². The molecule has 4 rings (SSSR count). The van der Waals surface area contributed by atoms with Crippen LogP contribution in [-0.4, -0.2) is 0 Å². The average molecular weight is 246 g/mol. The fraction of sp³-hybridized carbons (Fsp3) is 1.00. The van der Waals surface area contributed by atoms with Gasteiger partial charge in [0, 0.05) is 0 Å². The highest BCUT2D eigenvalue weighted by Gasteiger charge is 2.56. The maximum absolute atomic E-state index is 2.56. The molecule has 4 fully saturated rings. The minimum absolute atomic E-state index is 0.772. The molecule has 7 atom stereocenters. The summed E-state index contributed by atoms with van der Waals surface area (Å²) in [6.45, 7) is 5.05. The monoisotopic (exact) mass is 246 g/mol. The van der Waals surface area contributed by atoms with Gasteiger partial charge in [-0.15, -0.1) is 0 Å². The van der Waals surface area contributed by atoms with Crippen LogP contribution in [0.1, 0.15) is 71.6 Å². The van der Waals surface area contributed by atoms with Crippen molar-refractivity contribution < 1.29 is 0 Å². The molecule has 0 aromatic rings. The van der Waals surface area contributed by atoms with Crippen molar-refractivity contribution in [3.05, 3.63) is 0 Å². The predicted molar refractivity (Wildman–Crippen MR) is 76.3 cm³/mol. The van der Waals surface area contributed by atoms with Gasteiger partial charge in [-0.1, -0.05) is 33.1 Å². The Morgan fingerprint density at radius 1 is 0.944 bits per heavy atom. The van der Waals surface area contributed by atoms with Gasteiger partial charge in [-0.3, -0.25) is 0 Å². The fourth-order valence-corrected chi connectivity index (χ4v) is 6.15. The van der Waals surface area contributed by atoms with Gasteiger partial charge in [0.1, 0.15) is 0 Å². The van der Waals surface area contributed by atoms with Crippen LogP contribution in [0.4, 0.5) is 0 Å². The Hall–Kier alpha value is 0. The van der Waals surface area contributed by atoms with Crippen molar-refractivity contribution in [2.24, 2.45) is 40.9 Å². The van der Waals surface area contributed by atoms with Gasteiger partial charge >= 0.3 is 0 Å². The molecule has 0 amide bonds. The van der Waals surface area contributed by atoms with Gasteiger partial charge in [-0.25, -0.2) is 0 Å². The van der Waals surface area contributed by atoms with E-state index in [9.17, 15) is 0 Å². The van der Waals surface area contributed by atoms with Crippen molar-refractivity contribution in [1.82, 2.24) is 0 Å². The number of hydrogen-bond donors (Lipinski definition) is 0. The first kappa shape index (κ1) is 11.8. The molecule has 18 heavy (non-hydrogen) atoms. The molecule has 0 spiro atoms. The Morgan fingerprint density at radius 2 is 1.72 bits per heavy atom. The van der Waals surface area contributed by atoms with Crippen LogP contribution >= 0.6 is 0 Å². The van der Waals surface area contributed by atoms with E-state index in [0.717, 1.165) is 23.2 Å². The third-order valence-corrected chi connectivity index (χ3v) is 7.59. The SMILES string of the molecule is CCC12CCCC3CC3C3CC3CC1C(C)CC2. The van der Waals surface area contributed by atoms with Crippen molar-refractivity contribution in [3.63, 3.8) is 0 Å². The second-order valence-electron chi connectivity index (χ2n) is 8.29. The normalized spacial score (nSPS) is 58.3. The summed E-state index contributed by atoms with van der Waals surface area (Å²) < 4.78 is 0. The topological polar surface area (TPSA) is 0 Å². The van der Waals surface area contributed by atoms with Crippen molar-refractivity contribution in [1.29, 1.82) is 0 Å². The molecule has 0 aliphatic heterocycles. The van der Waals surface area contributed by atoms with Crippen LogP contribution in [0.3, 0.4) is 0 Å². The zero-order valence-electron chi connectivity index (χ0n) is 12.3. The van der Waals surface area contributed by atoms with E-state index < -0.39 is 0 Å². The van der Waals surface area contributed by atoms with E-state index >= 15 is 0 Å². The van der Waals surface area contributed by atoms with Gasteiger partial charge in [-0.2, -0.15) is 0 Å². The van der Waals surface area contributed by atoms with Crippen LogP contribution in [-0.2, 0) is 0 Å². The number of fused-ring (bicyclic) bond motifs is 4. The Balaban J connectivity index is 1.57. The molecular formula is C18H30. The summed E-state index contributed by atoms with van der Waals surface area (Å²) in [6.07, 6.45) is 14.1. The molecule has 7 unspecified atom stereocenters. The molecule has 0 radical (unpaired) electrons. The molecule has 0 heteroatoms. The van der Waals surface area contributed by atoms with Gasteiger partial charge < -0.3 is 0 Å². The van der Waals surface area contributed by atoms with Gasteiger partial charge in [0.05, 0.1) is 0 Å². The van der Waals surface area contributed by atoms with Crippen molar-refractivity contribution >= 4 is 0 Å². The van der Waals surface area contributed by atoms with Crippen LogP contribution in [0, 0.1) is 40.9 Å². The molecule has 0 nitrogen and oxygen atoms in total. The van der Waals surface area contributed by atoms with Gasteiger partial charge in [-0.05, 0) is 79.4 Å². The third-order valence-electron chi connectivity index (χ3n) is 7.59. The molecule has 0 aromatic heterocycles. The minimum Gasteiger partial charge on any atom is -0.0648 e. The highest BCUT2D eigenvalue weighted by Crippen LogP contribution is 2.65. The van der Waals surface area contributed by atoms with Crippen molar-refractivity contribution in [2.45, 2.75) is 71.6 Å². The van der Waals surface area contributed by atoms with Gasteiger partial charge in [0.25, 0.3) is 0 Å². The molecule has 4 aliphatic rings. The first-order valence-corrected chi connectivity index (χ1v) is 8.73. The lowest BCUT2D eigenvalue weighted by atomic mass is 9.68. The number of rotatable bonds is 1. The van der Waals surface area contributed by atoms with E-state index in [1.54, 1.807) is 44.9 Å². The lowest BCUT2D eigenvalue weighted by Gasteiger charge is -2.37. The maximum atomic E-state index is 2.56. The predicted octanol–water partition coefficient (Wildman–Crippen LogP) is 5.28. The summed E-state index contributed by atoms with van der Waals surface area (Å²) in [5.74, 6) is 6.84. The van der Waals surface area contributed by atoms with E-state index in [0.29, 0.717) is 0 Å². The first-order valence-electron chi connectivity index (χ1n) is 8.73. The summed E-state index contributed by atoms with van der Waals surface area (Å²) in [5.41, 5.74) is 0.772. The zero-order valence-corrected chi connectivity index (χ0v) is 12.3. The van der Waals surface area contributed by atoms with Crippen LogP contribution in [0.25, 0.3) is 0 Å². The molecule has 4 aliphatic carbocycles. The van der Waals surface area contributed by atoms with Crippen molar-refractivity contribution in [2.75, 3.05) is 0 Å². The molecule has 0 heterocycles. The molecular weight excluding hydrogens is 216 g/mol. The highest BCUT2D eigenvalue weighted by molar-refractivity contribution is 5.06. The molecule has 0 N–H and O–H groups in total. The Kier molecular flexibility index (Phi) is 2.62. The zero-order chi connectivity index (χ0) is 12.3. The summed E-state index contributed by atoms with van der Waals surface area (Å²) in [7, 11) is 0. The second kappa shape index (κ2) is 4.00. The molecule has 0 saturated heterocycles. The summed E-state index contributed by atoms with van der Waals surface area (Å²) in [4.78, 5) is 0. The van der Waals surface area contributed by atoms with Gasteiger partial charge in [0.15, 0.2) is 0 Å². The smallest absolute Gasteiger partial charge is 0.0269 e. The quantitative estimate of drug-likeness (QED) is 0.591. The molecule has 0 bridgehead atoms. The van der Waals surface area contributed by atoms with E-state index in [4.69, 9.17) is 0 Å². The van der Waals surface area contributed by atoms with E-state index in [1.807, 2.05) is 0 Å². The first-order chi connectivity index (χ1) is 8.73. The van der Waals surface area contributed by atoms with Crippen LogP contribution in [0.5, 0.6) is 0 Å².